The van der Waals surface area contributed by atoms with E-state index in [4.69, 9.17) is 5.84 Å². The van der Waals surface area contributed by atoms with Crippen molar-refractivity contribution >= 4 is 28.8 Å². The van der Waals surface area contributed by atoms with Crippen LogP contribution in [0.5, 0.6) is 0 Å². The Labute approximate surface area is 132 Å². The van der Waals surface area contributed by atoms with Gasteiger partial charge in [-0.2, -0.15) is 5.10 Å². The van der Waals surface area contributed by atoms with E-state index in [0.29, 0.717) is 21.7 Å². The predicted octanol–water partition coefficient (Wildman–Crippen LogP) is 1.82. The maximum atomic E-state index is 11.2. The van der Waals surface area contributed by atoms with E-state index in [-0.39, 0.29) is 5.69 Å². The molecule has 3 aromatic rings. The quantitative estimate of drug-likeness (QED) is 0.438. The lowest BCUT2D eigenvalue weighted by molar-refractivity contribution is -0.388. The number of aryl methyl sites for hydroxylation is 2. The first kappa shape index (κ1) is 14.5. The first-order valence-corrected chi connectivity index (χ1v) is 7.79. The Bertz CT molecular complexity index is 837. The van der Waals surface area contributed by atoms with Crippen LogP contribution < -0.4 is 5.84 Å². The highest BCUT2D eigenvalue weighted by Crippen LogP contribution is 2.36. The van der Waals surface area contributed by atoms with Gasteiger partial charge in [0.05, 0.1) is 9.80 Å². The standard InChI is InChI=1S/C11H11N7O2S2/c1-6-8(18(19)20)10(16(2)15-6)22-11-14-13-9(17(11)12)7-4-3-5-21-7/h3-5H,12H2,1-2H3. The molecule has 22 heavy (non-hydrogen) atoms. The van der Waals surface area contributed by atoms with Crippen LogP contribution in [-0.2, 0) is 7.05 Å². The van der Waals surface area contributed by atoms with Gasteiger partial charge in [0.15, 0.2) is 10.9 Å². The van der Waals surface area contributed by atoms with Crippen LogP contribution in [0.25, 0.3) is 10.7 Å². The first-order chi connectivity index (χ1) is 10.5. The van der Waals surface area contributed by atoms with Crippen molar-refractivity contribution in [2.75, 3.05) is 5.84 Å². The highest BCUT2D eigenvalue weighted by Gasteiger charge is 2.27. The third-order valence-electron chi connectivity index (χ3n) is 2.92. The summed E-state index contributed by atoms with van der Waals surface area (Å²) in [4.78, 5) is 11.6. The molecule has 0 spiro atoms. The summed E-state index contributed by atoms with van der Waals surface area (Å²) in [6.07, 6.45) is 0. The minimum atomic E-state index is -0.456. The number of nitrogen functional groups attached to an aromatic ring is 1. The third kappa shape index (κ3) is 2.33. The van der Waals surface area contributed by atoms with Gasteiger partial charge < -0.3 is 5.84 Å². The minimum absolute atomic E-state index is 0.0480. The van der Waals surface area contributed by atoms with E-state index < -0.39 is 4.92 Å². The Balaban J connectivity index is 2.00. The van der Waals surface area contributed by atoms with Crippen molar-refractivity contribution in [3.63, 3.8) is 0 Å². The SMILES string of the molecule is Cc1nn(C)c(Sc2nnc(-c3cccs3)n2N)c1[N+](=O)[O-]. The van der Waals surface area contributed by atoms with Gasteiger partial charge in [-0.25, -0.2) is 4.68 Å². The van der Waals surface area contributed by atoms with Crippen LogP contribution in [0, 0.1) is 17.0 Å². The average molecular weight is 337 g/mol. The van der Waals surface area contributed by atoms with Crippen molar-refractivity contribution in [1.82, 2.24) is 24.7 Å². The second-order valence-corrected chi connectivity index (χ2v) is 6.28. The summed E-state index contributed by atoms with van der Waals surface area (Å²) >= 11 is 2.55. The molecular formula is C11H11N7O2S2. The molecule has 0 aliphatic rings. The zero-order chi connectivity index (χ0) is 15.9. The number of aromatic nitrogens is 5. The van der Waals surface area contributed by atoms with Crippen LogP contribution in [0.1, 0.15) is 5.69 Å². The maximum Gasteiger partial charge on any atom is 0.324 e. The number of nitrogens with zero attached hydrogens (tertiary/aromatic N) is 6. The maximum absolute atomic E-state index is 11.2. The number of nitrogens with two attached hydrogens (primary N) is 1. The van der Waals surface area contributed by atoms with E-state index in [0.717, 1.165) is 16.6 Å². The molecule has 0 radical (unpaired) electrons. The molecule has 0 unspecified atom stereocenters. The fourth-order valence-electron chi connectivity index (χ4n) is 1.96. The highest BCUT2D eigenvalue weighted by atomic mass is 32.2. The molecule has 11 heteroatoms. The van der Waals surface area contributed by atoms with Crippen LogP contribution >= 0.6 is 23.1 Å². The van der Waals surface area contributed by atoms with Crippen LogP contribution in [0.4, 0.5) is 5.69 Å². The summed E-state index contributed by atoms with van der Waals surface area (Å²) < 4.78 is 2.76. The Morgan fingerprint density at radius 3 is 2.86 bits per heavy atom. The van der Waals surface area contributed by atoms with E-state index in [1.54, 1.807) is 14.0 Å². The highest BCUT2D eigenvalue weighted by molar-refractivity contribution is 7.99. The van der Waals surface area contributed by atoms with Gasteiger partial charge in [0.25, 0.3) is 0 Å². The van der Waals surface area contributed by atoms with Crippen LogP contribution in [0.3, 0.4) is 0 Å². The Kier molecular flexibility index (Phi) is 3.58. The fraction of sp³-hybridized carbons (Fsp3) is 0.182. The van der Waals surface area contributed by atoms with Gasteiger partial charge in [0.2, 0.25) is 5.16 Å². The van der Waals surface area contributed by atoms with Crippen molar-refractivity contribution in [2.24, 2.45) is 7.05 Å². The second-order valence-electron chi connectivity index (χ2n) is 4.38. The number of thiophene rings is 1. The predicted molar refractivity (Wildman–Crippen MR) is 82.2 cm³/mol. The molecule has 3 aromatic heterocycles. The van der Waals surface area contributed by atoms with Gasteiger partial charge in [-0.3, -0.25) is 14.8 Å². The van der Waals surface area contributed by atoms with E-state index in [9.17, 15) is 10.1 Å². The summed E-state index contributed by atoms with van der Waals surface area (Å²) in [5, 5.41) is 25.9. The Hall–Kier alpha value is -2.40. The molecule has 0 atom stereocenters. The molecule has 0 bridgehead atoms. The smallest absolute Gasteiger partial charge is 0.324 e. The van der Waals surface area contributed by atoms with E-state index >= 15 is 0 Å². The van der Waals surface area contributed by atoms with Crippen LogP contribution in [0.2, 0.25) is 0 Å². The van der Waals surface area contributed by atoms with Gasteiger partial charge in [0.1, 0.15) is 5.69 Å². The average Bonchev–Trinajstić information content (AvgIpc) is 3.13. The summed E-state index contributed by atoms with van der Waals surface area (Å²) in [5.41, 5.74) is 0.296. The molecule has 0 aliphatic carbocycles. The van der Waals surface area contributed by atoms with Gasteiger partial charge in [-0.1, -0.05) is 6.07 Å². The minimum Gasteiger partial charge on any atom is -0.335 e. The first-order valence-electron chi connectivity index (χ1n) is 6.09. The molecule has 0 amide bonds. The summed E-state index contributed by atoms with van der Waals surface area (Å²) in [5.74, 6) is 6.52. The van der Waals surface area contributed by atoms with E-state index in [1.807, 2.05) is 17.5 Å². The van der Waals surface area contributed by atoms with Gasteiger partial charge in [0, 0.05) is 7.05 Å². The van der Waals surface area contributed by atoms with Gasteiger partial charge in [-0.05, 0) is 30.1 Å². The van der Waals surface area contributed by atoms with Crippen LogP contribution in [0.15, 0.2) is 27.7 Å². The van der Waals surface area contributed by atoms with Crippen molar-refractivity contribution in [3.8, 4) is 10.7 Å². The number of hydrogen-bond acceptors (Lipinski definition) is 8. The molecule has 3 rings (SSSR count). The lowest BCUT2D eigenvalue weighted by atomic mass is 10.4. The van der Waals surface area contributed by atoms with Crippen molar-refractivity contribution in [1.29, 1.82) is 0 Å². The van der Waals surface area contributed by atoms with Crippen molar-refractivity contribution in [2.45, 2.75) is 17.1 Å². The lowest BCUT2D eigenvalue weighted by Gasteiger charge is -2.02. The number of hydrogen-bond donors (Lipinski definition) is 1. The largest absolute Gasteiger partial charge is 0.335 e. The number of rotatable bonds is 4. The Morgan fingerprint density at radius 1 is 1.45 bits per heavy atom. The van der Waals surface area contributed by atoms with Crippen LogP contribution in [-0.4, -0.2) is 29.6 Å². The monoisotopic (exact) mass is 337 g/mol. The van der Waals surface area contributed by atoms with Crippen molar-refractivity contribution in [3.05, 3.63) is 33.3 Å². The Morgan fingerprint density at radius 2 is 2.23 bits per heavy atom. The topological polar surface area (TPSA) is 118 Å². The molecule has 0 aromatic carbocycles. The van der Waals surface area contributed by atoms with Gasteiger partial charge in [-0.15, -0.1) is 21.5 Å². The molecule has 0 fully saturated rings. The molecule has 0 saturated heterocycles. The molecule has 0 aliphatic heterocycles. The van der Waals surface area contributed by atoms with Crippen molar-refractivity contribution < 1.29 is 4.92 Å². The lowest BCUT2D eigenvalue weighted by Crippen LogP contribution is -2.11. The summed E-state index contributed by atoms with van der Waals surface area (Å²) in [6.45, 7) is 1.59. The fourth-order valence-corrected chi connectivity index (χ4v) is 3.59. The molecule has 114 valence electrons. The zero-order valence-electron chi connectivity index (χ0n) is 11.6. The molecule has 9 nitrogen and oxygen atoms in total. The molecular weight excluding hydrogens is 326 g/mol. The van der Waals surface area contributed by atoms with E-state index in [2.05, 4.69) is 15.3 Å². The summed E-state index contributed by atoms with van der Waals surface area (Å²) in [6, 6.07) is 3.76. The number of nitro groups is 1. The third-order valence-corrected chi connectivity index (χ3v) is 4.89. The molecule has 0 saturated carbocycles. The van der Waals surface area contributed by atoms with E-state index in [1.165, 1.54) is 20.7 Å². The normalized spacial score (nSPS) is 11.0. The molecule has 2 N–H and O–H groups in total. The zero-order valence-corrected chi connectivity index (χ0v) is 13.3. The molecule has 3 heterocycles. The second kappa shape index (κ2) is 5.42. The van der Waals surface area contributed by atoms with Gasteiger partial charge >= 0.3 is 5.69 Å². The summed E-state index contributed by atoms with van der Waals surface area (Å²) in [7, 11) is 1.64.